The molecular weight excluding hydrogens is 346 g/mol. The minimum absolute atomic E-state index is 0.0738. The van der Waals surface area contributed by atoms with Crippen molar-refractivity contribution in [3.05, 3.63) is 82.7 Å². The summed E-state index contributed by atoms with van der Waals surface area (Å²) in [7, 11) is 0. The molecule has 0 saturated carbocycles. The SMILES string of the molecule is O=C(NCc1nc2ccccc2c(=O)[nH]1)C(c1ccccc1)n1cnnn1. The number of nitrogens with zero attached hydrogens (tertiary/aromatic N) is 5. The Bertz CT molecular complexity index is 1120. The van der Waals surface area contributed by atoms with Crippen molar-refractivity contribution in [1.29, 1.82) is 0 Å². The lowest BCUT2D eigenvalue weighted by molar-refractivity contribution is -0.123. The van der Waals surface area contributed by atoms with Gasteiger partial charge >= 0.3 is 0 Å². The van der Waals surface area contributed by atoms with Crippen LogP contribution in [0, 0.1) is 0 Å². The lowest BCUT2D eigenvalue weighted by Gasteiger charge is -2.16. The number of para-hydroxylation sites is 1. The number of benzene rings is 2. The average molecular weight is 361 g/mol. The van der Waals surface area contributed by atoms with Crippen molar-refractivity contribution in [3.63, 3.8) is 0 Å². The Morgan fingerprint density at radius 3 is 2.67 bits per heavy atom. The van der Waals surface area contributed by atoms with E-state index >= 15 is 0 Å². The molecule has 134 valence electrons. The highest BCUT2D eigenvalue weighted by atomic mass is 16.2. The fraction of sp³-hybridized carbons (Fsp3) is 0.111. The molecule has 0 radical (unpaired) electrons. The van der Waals surface area contributed by atoms with Gasteiger partial charge in [-0.3, -0.25) is 9.59 Å². The number of H-pyrrole nitrogens is 1. The molecule has 2 aromatic carbocycles. The molecule has 1 atom stereocenters. The highest BCUT2D eigenvalue weighted by molar-refractivity contribution is 5.83. The largest absolute Gasteiger partial charge is 0.347 e. The Labute approximate surface area is 153 Å². The number of hydrogen-bond acceptors (Lipinski definition) is 6. The smallest absolute Gasteiger partial charge is 0.258 e. The van der Waals surface area contributed by atoms with Crippen LogP contribution in [0.2, 0.25) is 0 Å². The maximum Gasteiger partial charge on any atom is 0.258 e. The van der Waals surface area contributed by atoms with Crippen LogP contribution >= 0.6 is 0 Å². The molecule has 4 aromatic rings. The van der Waals surface area contributed by atoms with E-state index in [-0.39, 0.29) is 18.0 Å². The second kappa shape index (κ2) is 7.16. The van der Waals surface area contributed by atoms with E-state index in [2.05, 4.69) is 30.8 Å². The number of amides is 1. The maximum absolute atomic E-state index is 12.8. The van der Waals surface area contributed by atoms with Gasteiger partial charge in [0.25, 0.3) is 5.56 Å². The summed E-state index contributed by atoms with van der Waals surface area (Å²) in [6.45, 7) is 0.0738. The molecule has 1 amide bonds. The molecular formula is C18H15N7O2. The lowest BCUT2D eigenvalue weighted by atomic mass is 10.1. The zero-order valence-corrected chi connectivity index (χ0v) is 14.1. The van der Waals surface area contributed by atoms with E-state index in [4.69, 9.17) is 0 Å². The van der Waals surface area contributed by atoms with Crippen LogP contribution in [0.4, 0.5) is 0 Å². The predicted octanol–water partition coefficient (Wildman–Crippen LogP) is 0.815. The standard InChI is InChI=1S/C18H15N7O2/c26-17-13-8-4-5-9-14(13)21-15(22-17)10-19-18(27)16(25-11-20-23-24-25)12-6-2-1-3-7-12/h1-9,11,16H,10H2,(H,19,27)(H,21,22,26). The maximum atomic E-state index is 12.8. The number of tetrazole rings is 1. The summed E-state index contributed by atoms with van der Waals surface area (Å²) in [5, 5.41) is 14.4. The number of rotatable bonds is 5. The summed E-state index contributed by atoms with van der Waals surface area (Å²) in [6.07, 6.45) is 1.38. The van der Waals surface area contributed by atoms with Gasteiger partial charge in [-0.1, -0.05) is 42.5 Å². The van der Waals surface area contributed by atoms with Gasteiger partial charge in [0.1, 0.15) is 12.2 Å². The zero-order valence-electron chi connectivity index (χ0n) is 14.1. The summed E-state index contributed by atoms with van der Waals surface area (Å²) in [6, 6.07) is 15.5. The third-order valence-electron chi connectivity index (χ3n) is 4.09. The van der Waals surface area contributed by atoms with E-state index in [9.17, 15) is 9.59 Å². The van der Waals surface area contributed by atoms with E-state index in [0.717, 1.165) is 5.56 Å². The van der Waals surface area contributed by atoms with Gasteiger partial charge in [-0.15, -0.1) is 5.10 Å². The van der Waals surface area contributed by atoms with Gasteiger partial charge in [-0.25, -0.2) is 9.67 Å². The first-order valence-corrected chi connectivity index (χ1v) is 8.25. The van der Waals surface area contributed by atoms with Crippen molar-refractivity contribution in [3.8, 4) is 0 Å². The first-order chi connectivity index (χ1) is 13.2. The molecule has 0 aliphatic rings. The molecule has 27 heavy (non-hydrogen) atoms. The summed E-state index contributed by atoms with van der Waals surface area (Å²) in [5.74, 6) is 0.0554. The molecule has 0 saturated heterocycles. The molecule has 0 bridgehead atoms. The van der Waals surface area contributed by atoms with Crippen LogP contribution in [-0.4, -0.2) is 36.1 Å². The highest BCUT2D eigenvalue weighted by Crippen LogP contribution is 2.17. The highest BCUT2D eigenvalue weighted by Gasteiger charge is 2.23. The third-order valence-corrected chi connectivity index (χ3v) is 4.09. The number of fused-ring (bicyclic) bond motifs is 1. The van der Waals surface area contributed by atoms with Crippen LogP contribution in [0.15, 0.2) is 65.7 Å². The first-order valence-electron chi connectivity index (χ1n) is 8.25. The number of carbonyl (C=O) groups excluding carboxylic acids is 1. The molecule has 2 N–H and O–H groups in total. The number of hydrogen-bond donors (Lipinski definition) is 2. The number of nitrogens with one attached hydrogen (secondary N) is 2. The molecule has 0 fully saturated rings. The summed E-state index contributed by atoms with van der Waals surface area (Å²) in [4.78, 5) is 32.0. The minimum Gasteiger partial charge on any atom is -0.347 e. The van der Waals surface area contributed by atoms with Gasteiger partial charge < -0.3 is 10.3 Å². The topological polar surface area (TPSA) is 118 Å². The van der Waals surface area contributed by atoms with E-state index < -0.39 is 6.04 Å². The Morgan fingerprint density at radius 1 is 1.11 bits per heavy atom. The lowest BCUT2D eigenvalue weighted by Crippen LogP contribution is -2.34. The van der Waals surface area contributed by atoms with Gasteiger partial charge in [0.2, 0.25) is 5.91 Å². The normalized spacial score (nSPS) is 12.0. The van der Waals surface area contributed by atoms with Gasteiger partial charge in [-0.05, 0) is 28.1 Å². The molecule has 4 rings (SSSR count). The Balaban J connectivity index is 1.58. The van der Waals surface area contributed by atoms with Gasteiger partial charge in [0.15, 0.2) is 6.04 Å². The van der Waals surface area contributed by atoms with Crippen LogP contribution in [0.5, 0.6) is 0 Å². The van der Waals surface area contributed by atoms with Gasteiger partial charge in [0, 0.05) is 0 Å². The average Bonchev–Trinajstić information content (AvgIpc) is 3.22. The monoisotopic (exact) mass is 361 g/mol. The second-order valence-electron chi connectivity index (χ2n) is 5.85. The van der Waals surface area contributed by atoms with E-state index in [1.165, 1.54) is 11.0 Å². The van der Waals surface area contributed by atoms with Crippen LogP contribution in [0.3, 0.4) is 0 Å². The van der Waals surface area contributed by atoms with Crippen molar-refractivity contribution in [2.75, 3.05) is 0 Å². The molecule has 2 heterocycles. The molecule has 0 spiro atoms. The minimum atomic E-state index is -0.728. The quantitative estimate of drug-likeness (QED) is 0.543. The summed E-state index contributed by atoms with van der Waals surface area (Å²) in [5.41, 5.74) is 1.07. The molecule has 9 heteroatoms. The molecule has 9 nitrogen and oxygen atoms in total. The Morgan fingerprint density at radius 2 is 1.89 bits per heavy atom. The summed E-state index contributed by atoms with van der Waals surface area (Å²) >= 11 is 0. The van der Waals surface area contributed by atoms with E-state index in [1.54, 1.807) is 24.3 Å². The Kier molecular flexibility index (Phi) is 4.40. The molecule has 1 unspecified atom stereocenters. The number of aromatic nitrogens is 6. The molecule has 0 aliphatic heterocycles. The Hall–Kier alpha value is -3.88. The van der Waals surface area contributed by atoms with Crippen molar-refractivity contribution in [2.24, 2.45) is 0 Å². The van der Waals surface area contributed by atoms with Gasteiger partial charge in [-0.2, -0.15) is 0 Å². The second-order valence-corrected chi connectivity index (χ2v) is 5.85. The summed E-state index contributed by atoms with van der Waals surface area (Å²) < 4.78 is 1.38. The fourth-order valence-corrected chi connectivity index (χ4v) is 2.83. The third kappa shape index (κ3) is 3.43. The van der Waals surface area contributed by atoms with Gasteiger partial charge in [0.05, 0.1) is 17.4 Å². The molecule has 2 aromatic heterocycles. The van der Waals surface area contributed by atoms with E-state index in [0.29, 0.717) is 16.7 Å². The van der Waals surface area contributed by atoms with Crippen molar-refractivity contribution in [1.82, 2.24) is 35.5 Å². The van der Waals surface area contributed by atoms with E-state index in [1.807, 2.05) is 30.3 Å². The number of aromatic amines is 1. The fourth-order valence-electron chi connectivity index (χ4n) is 2.83. The van der Waals surface area contributed by atoms with Crippen LogP contribution in [0.1, 0.15) is 17.4 Å². The first kappa shape index (κ1) is 16.6. The van der Waals surface area contributed by atoms with Crippen LogP contribution in [-0.2, 0) is 11.3 Å². The zero-order chi connectivity index (χ0) is 18.6. The molecule has 0 aliphatic carbocycles. The van der Waals surface area contributed by atoms with Crippen molar-refractivity contribution in [2.45, 2.75) is 12.6 Å². The van der Waals surface area contributed by atoms with Crippen LogP contribution < -0.4 is 10.9 Å². The van der Waals surface area contributed by atoms with Crippen molar-refractivity contribution >= 4 is 16.8 Å². The van der Waals surface area contributed by atoms with Crippen LogP contribution in [0.25, 0.3) is 10.9 Å². The number of carbonyl (C=O) groups is 1. The van der Waals surface area contributed by atoms with Crippen molar-refractivity contribution < 1.29 is 4.79 Å². The predicted molar refractivity (Wildman–Crippen MR) is 96.6 cm³/mol.